The van der Waals surface area contributed by atoms with Gasteiger partial charge in [-0.25, -0.2) is 0 Å². The summed E-state index contributed by atoms with van der Waals surface area (Å²) in [6, 6.07) is 2.77. The van der Waals surface area contributed by atoms with Gasteiger partial charge < -0.3 is 10.1 Å². The number of hydrogen-bond donors (Lipinski definition) is 1. The van der Waals surface area contributed by atoms with E-state index in [2.05, 4.69) is 34.3 Å². The van der Waals surface area contributed by atoms with E-state index in [1.807, 2.05) is 0 Å². The second-order valence-corrected chi connectivity index (χ2v) is 5.37. The zero-order valence-electron chi connectivity index (χ0n) is 12.1. The Labute approximate surface area is 116 Å². The van der Waals surface area contributed by atoms with Crippen LogP contribution in [0.25, 0.3) is 0 Å². The maximum absolute atomic E-state index is 5.51. The third-order valence-corrected chi connectivity index (χ3v) is 3.73. The Morgan fingerprint density at radius 3 is 3.00 bits per heavy atom. The third kappa shape index (κ3) is 4.96. The summed E-state index contributed by atoms with van der Waals surface area (Å²) in [5.74, 6) is 0. The van der Waals surface area contributed by atoms with Gasteiger partial charge in [-0.2, -0.15) is 5.10 Å². The van der Waals surface area contributed by atoms with Gasteiger partial charge >= 0.3 is 0 Å². The predicted molar refractivity (Wildman–Crippen MR) is 77.2 cm³/mol. The molecule has 4 nitrogen and oxygen atoms in total. The molecule has 1 aliphatic carbocycles. The molecule has 1 heterocycles. The summed E-state index contributed by atoms with van der Waals surface area (Å²) in [6.45, 7) is 5.61. The number of nitrogens with zero attached hydrogens (tertiary/aromatic N) is 2. The van der Waals surface area contributed by atoms with Crippen molar-refractivity contribution in [3.8, 4) is 0 Å². The van der Waals surface area contributed by atoms with Gasteiger partial charge in [0.25, 0.3) is 0 Å². The zero-order valence-corrected chi connectivity index (χ0v) is 12.1. The largest absolute Gasteiger partial charge is 0.380 e. The average molecular weight is 265 g/mol. The predicted octanol–water partition coefficient (Wildman–Crippen LogP) is 2.90. The van der Waals surface area contributed by atoms with Gasteiger partial charge in [-0.15, -0.1) is 0 Å². The van der Waals surface area contributed by atoms with Crippen LogP contribution in [0.3, 0.4) is 0 Å². The number of rotatable bonds is 9. The van der Waals surface area contributed by atoms with Crippen molar-refractivity contribution in [1.29, 1.82) is 0 Å². The van der Waals surface area contributed by atoms with Crippen molar-refractivity contribution in [2.24, 2.45) is 0 Å². The quantitative estimate of drug-likeness (QED) is 0.698. The molecule has 0 aromatic carbocycles. The van der Waals surface area contributed by atoms with Crippen LogP contribution in [-0.4, -0.2) is 29.5 Å². The van der Waals surface area contributed by atoms with E-state index in [0.717, 1.165) is 38.4 Å². The smallest absolute Gasteiger partial charge is 0.0762 e. The van der Waals surface area contributed by atoms with Crippen molar-refractivity contribution in [2.75, 3.05) is 19.8 Å². The first-order valence-corrected chi connectivity index (χ1v) is 7.72. The molecular weight excluding hydrogens is 238 g/mol. The molecule has 0 bridgehead atoms. The standard InChI is InChI=1S/C15H27N3O/c1-2-3-11-19-12-9-16-13-14-8-10-18(17-14)15-6-4-5-7-15/h8,10,15-16H,2-7,9,11-13H2,1H3. The fraction of sp³-hybridized carbons (Fsp3) is 0.800. The van der Waals surface area contributed by atoms with Gasteiger partial charge in [0, 0.05) is 25.9 Å². The minimum atomic E-state index is 0.645. The molecule has 0 spiro atoms. The van der Waals surface area contributed by atoms with Gasteiger partial charge in [-0.3, -0.25) is 4.68 Å². The summed E-state index contributed by atoms with van der Waals surface area (Å²) in [5.41, 5.74) is 1.14. The van der Waals surface area contributed by atoms with Crippen molar-refractivity contribution < 1.29 is 4.74 Å². The van der Waals surface area contributed by atoms with Crippen LogP contribution in [0.2, 0.25) is 0 Å². The van der Waals surface area contributed by atoms with Crippen LogP contribution in [0.1, 0.15) is 57.2 Å². The molecule has 2 rings (SSSR count). The molecule has 1 aromatic heterocycles. The summed E-state index contributed by atoms with van der Waals surface area (Å²) in [4.78, 5) is 0. The third-order valence-electron chi connectivity index (χ3n) is 3.73. The maximum atomic E-state index is 5.51. The molecule has 19 heavy (non-hydrogen) atoms. The van der Waals surface area contributed by atoms with Gasteiger partial charge in [0.15, 0.2) is 0 Å². The maximum Gasteiger partial charge on any atom is 0.0762 e. The molecule has 0 unspecified atom stereocenters. The van der Waals surface area contributed by atoms with E-state index >= 15 is 0 Å². The highest BCUT2D eigenvalue weighted by Gasteiger charge is 2.17. The van der Waals surface area contributed by atoms with Gasteiger partial charge in [-0.05, 0) is 25.3 Å². The Morgan fingerprint density at radius 1 is 1.37 bits per heavy atom. The zero-order chi connectivity index (χ0) is 13.3. The normalized spacial score (nSPS) is 16.3. The molecule has 1 aromatic rings. The van der Waals surface area contributed by atoms with Crippen LogP contribution in [0, 0.1) is 0 Å². The van der Waals surface area contributed by atoms with E-state index in [-0.39, 0.29) is 0 Å². The lowest BCUT2D eigenvalue weighted by atomic mass is 10.3. The minimum absolute atomic E-state index is 0.645. The molecule has 1 N–H and O–H groups in total. The van der Waals surface area contributed by atoms with E-state index in [1.165, 1.54) is 32.1 Å². The lowest BCUT2D eigenvalue weighted by Crippen LogP contribution is -2.20. The van der Waals surface area contributed by atoms with Crippen LogP contribution in [0.4, 0.5) is 0 Å². The summed E-state index contributed by atoms with van der Waals surface area (Å²) >= 11 is 0. The Hall–Kier alpha value is -0.870. The number of aromatic nitrogens is 2. The summed E-state index contributed by atoms with van der Waals surface area (Å²) in [5, 5.41) is 8.03. The van der Waals surface area contributed by atoms with Crippen molar-refractivity contribution in [1.82, 2.24) is 15.1 Å². The SMILES string of the molecule is CCCCOCCNCc1ccn(C2CCCC2)n1. The molecule has 1 aliphatic rings. The van der Waals surface area contributed by atoms with Crippen LogP contribution in [0.15, 0.2) is 12.3 Å². The molecule has 108 valence electrons. The van der Waals surface area contributed by atoms with Crippen molar-refractivity contribution in [3.05, 3.63) is 18.0 Å². The second-order valence-electron chi connectivity index (χ2n) is 5.37. The Bertz CT molecular complexity index is 345. The van der Waals surface area contributed by atoms with Crippen LogP contribution in [0.5, 0.6) is 0 Å². The number of ether oxygens (including phenoxy) is 1. The Morgan fingerprint density at radius 2 is 2.21 bits per heavy atom. The van der Waals surface area contributed by atoms with E-state index in [4.69, 9.17) is 4.74 Å². The number of nitrogens with one attached hydrogen (secondary N) is 1. The summed E-state index contributed by atoms with van der Waals surface area (Å²) in [6.07, 6.45) is 9.78. The molecule has 1 saturated carbocycles. The average Bonchev–Trinajstić information content (AvgIpc) is 3.08. The van der Waals surface area contributed by atoms with E-state index < -0.39 is 0 Å². The highest BCUT2D eigenvalue weighted by molar-refractivity contribution is 4.99. The molecule has 1 fully saturated rings. The monoisotopic (exact) mass is 265 g/mol. The number of hydrogen-bond acceptors (Lipinski definition) is 3. The fourth-order valence-corrected chi connectivity index (χ4v) is 2.55. The highest BCUT2D eigenvalue weighted by Crippen LogP contribution is 2.28. The molecule has 0 radical (unpaired) electrons. The highest BCUT2D eigenvalue weighted by atomic mass is 16.5. The first kappa shape index (κ1) is 14.5. The van der Waals surface area contributed by atoms with Crippen molar-refractivity contribution in [3.63, 3.8) is 0 Å². The van der Waals surface area contributed by atoms with Gasteiger partial charge in [-0.1, -0.05) is 26.2 Å². The summed E-state index contributed by atoms with van der Waals surface area (Å²) in [7, 11) is 0. The van der Waals surface area contributed by atoms with Crippen molar-refractivity contribution >= 4 is 0 Å². The molecule has 0 saturated heterocycles. The minimum Gasteiger partial charge on any atom is -0.380 e. The van der Waals surface area contributed by atoms with E-state index in [0.29, 0.717) is 6.04 Å². The molecular formula is C15H27N3O. The molecule has 0 atom stereocenters. The van der Waals surface area contributed by atoms with Gasteiger partial charge in [0.05, 0.1) is 18.3 Å². The lowest BCUT2D eigenvalue weighted by molar-refractivity contribution is 0.133. The molecule has 0 amide bonds. The first-order valence-electron chi connectivity index (χ1n) is 7.72. The second kappa shape index (κ2) is 8.33. The molecule has 0 aliphatic heterocycles. The van der Waals surface area contributed by atoms with Crippen LogP contribution < -0.4 is 5.32 Å². The van der Waals surface area contributed by atoms with E-state index in [1.54, 1.807) is 0 Å². The van der Waals surface area contributed by atoms with Gasteiger partial charge in [0.1, 0.15) is 0 Å². The topological polar surface area (TPSA) is 39.1 Å². The van der Waals surface area contributed by atoms with Crippen LogP contribution >= 0.6 is 0 Å². The van der Waals surface area contributed by atoms with Crippen LogP contribution in [-0.2, 0) is 11.3 Å². The van der Waals surface area contributed by atoms with Crippen molar-refractivity contribution in [2.45, 2.75) is 58.0 Å². The fourth-order valence-electron chi connectivity index (χ4n) is 2.55. The number of unbranched alkanes of at least 4 members (excludes halogenated alkanes) is 1. The summed E-state index contributed by atoms with van der Waals surface area (Å²) < 4.78 is 7.66. The first-order chi connectivity index (χ1) is 9.40. The Kier molecular flexibility index (Phi) is 6.37. The van der Waals surface area contributed by atoms with Gasteiger partial charge in [0.2, 0.25) is 0 Å². The Balaban J connectivity index is 1.58. The molecule has 4 heteroatoms. The lowest BCUT2D eigenvalue weighted by Gasteiger charge is -2.09. The van der Waals surface area contributed by atoms with E-state index in [9.17, 15) is 0 Å².